The number of nitrogens with one attached hydrogen (secondary N) is 1. The topological polar surface area (TPSA) is 60.5 Å². The fraction of sp³-hybridized carbons (Fsp3) is 0.304. The van der Waals surface area contributed by atoms with Gasteiger partial charge in [-0.1, -0.05) is 24.3 Å². The monoisotopic (exact) mass is 408 g/mol. The van der Waals surface area contributed by atoms with Gasteiger partial charge in [0, 0.05) is 24.0 Å². The van der Waals surface area contributed by atoms with Crippen LogP contribution in [0.5, 0.6) is 5.75 Å². The predicted molar refractivity (Wildman–Crippen MR) is 115 cm³/mol. The maximum Gasteiger partial charge on any atom is 0.407 e. The zero-order valence-electron chi connectivity index (χ0n) is 16.8. The van der Waals surface area contributed by atoms with Gasteiger partial charge in [-0.25, -0.2) is 4.79 Å². The van der Waals surface area contributed by atoms with Crippen molar-refractivity contribution in [2.24, 2.45) is 0 Å². The van der Waals surface area contributed by atoms with Gasteiger partial charge in [0.25, 0.3) is 0 Å². The Bertz CT molecular complexity index is 1020. The molecule has 1 aliphatic rings. The molecule has 0 saturated heterocycles. The number of rotatable bonds is 3. The van der Waals surface area contributed by atoms with Gasteiger partial charge in [-0.05, 0) is 55.7 Å². The standard InChI is InChI=1S/C23H24N2O3S/c1-23(2,3)28-22(26)25-14-15-6-8-16(9-7-15)19-13-17-10-12-27-18-5-4-11-24-20(18)21(17)29-19/h4-9,11,13H,10,12,14H2,1-3H3,(H,25,26). The minimum Gasteiger partial charge on any atom is -0.491 e. The van der Waals surface area contributed by atoms with Gasteiger partial charge in [-0.2, -0.15) is 0 Å². The number of hydrogen-bond acceptors (Lipinski definition) is 5. The molecule has 0 saturated carbocycles. The summed E-state index contributed by atoms with van der Waals surface area (Å²) in [6.45, 7) is 6.65. The minimum absolute atomic E-state index is 0.406. The second-order valence-corrected chi connectivity index (χ2v) is 9.02. The summed E-state index contributed by atoms with van der Waals surface area (Å²) in [5, 5.41) is 2.79. The number of hydrogen-bond donors (Lipinski definition) is 1. The third-order valence-electron chi connectivity index (χ3n) is 4.50. The fourth-order valence-corrected chi connectivity index (χ4v) is 4.40. The molecule has 0 aliphatic carbocycles. The molecule has 4 rings (SSSR count). The van der Waals surface area contributed by atoms with Crippen LogP contribution in [0, 0.1) is 0 Å². The lowest BCUT2D eigenvalue weighted by atomic mass is 10.1. The van der Waals surface area contributed by atoms with Crippen molar-refractivity contribution in [3.8, 4) is 26.8 Å². The number of alkyl carbamates (subject to hydrolysis) is 1. The molecule has 0 unspecified atom stereocenters. The molecule has 0 bridgehead atoms. The molecular formula is C23H24N2O3S. The number of fused-ring (bicyclic) bond motifs is 3. The van der Waals surface area contributed by atoms with Crippen molar-refractivity contribution in [1.82, 2.24) is 10.3 Å². The molecule has 1 N–H and O–H groups in total. The summed E-state index contributed by atoms with van der Waals surface area (Å²) < 4.78 is 11.1. The molecule has 0 fully saturated rings. The molecule has 0 radical (unpaired) electrons. The Morgan fingerprint density at radius 2 is 2.03 bits per heavy atom. The quantitative estimate of drug-likeness (QED) is 0.627. The number of pyridine rings is 1. The van der Waals surface area contributed by atoms with Gasteiger partial charge in [0.15, 0.2) is 0 Å². The SMILES string of the molecule is CC(C)(C)OC(=O)NCc1ccc(-c2cc3c(s2)-c2ncccc2OCC3)cc1. The van der Waals surface area contributed by atoms with Crippen molar-refractivity contribution in [3.05, 3.63) is 59.8 Å². The van der Waals surface area contributed by atoms with Gasteiger partial charge in [0.1, 0.15) is 17.0 Å². The van der Waals surface area contributed by atoms with Crippen LogP contribution in [0.2, 0.25) is 0 Å². The van der Waals surface area contributed by atoms with Crippen LogP contribution in [0.3, 0.4) is 0 Å². The summed E-state index contributed by atoms with van der Waals surface area (Å²) in [4.78, 5) is 18.7. The highest BCUT2D eigenvalue weighted by molar-refractivity contribution is 7.19. The van der Waals surface area contributed by atoms with Crippen LogP contribution in [0.1, 0.15) is 31.9 Å². The molecule has 6 heteroatoms. The van der Waals surface area contributed by atoms with Crippen LogP contribution >= 0.6 is 11.3 Å². The van der Waals surface area contributed by atoms with Crippen molar-refractivity contribution in [1.29, 1.82) is 0 Å². The van der Waals surface area contributed by atoms with Gasteiger partial charge < -0.3 is 14.8 Å². The lowest BCUT2D eigenvalue weighted by Crippen LogP contribution is -2.32. The molecule has 1 aromatic carbocycles. The zero-order chi connectivity index (χ0) is 20.4. The van der Waals surface area contributed by atoms with Crippen LogP contribution in [-0.4, -0.2) is 23.3 Å². The zero-order valence-corrected chi connectivity index (χ0v) is 17.6. The summed E-state index contributed by atoms with van der Waals surface area (Å²) >= 11 is 1.74. The fourth-order valence-electron chi connectivity index (χ4n) is 3.18. The summed E-state index contributed by atoms with van der Waals surface area (Å²) in [6, 6.07) is 14.4. The average Bonchev–Trinajstić information content (AvgIpc) is 3.02. The molecule has 0 atom stereocenters. The number of benzene rings is 1. The van der Waals surface area contributed by atoms with Crippen molar-refractivity contribution in [2.75, 3.05) is 6.61 Å². The third-order valence-corrected chi connectivity index (χ3v) is 5.73. The van der Waals surface area contributed by atoms with Gasteiger partial charge in [-0.3, -0.25) is 4.98 Å². The first-order valence-electron chi connectivity index (χ1n) is 9.66. The molecule has 3 heterocycles. The maximum absolute atomic E-state index is 11.8. The summed E-state index contributed by atoms with van der Waals surface area (Å²) in [5.41, 5.74) is 3.89. The lowest BCUT2D eigenvalue weighted by Gasteiger charge is -2.19. The van der Waals surface area contributed by atoms with Crippen molar-refractivity contribution in [2.45, 2.75) is 39.3 Å². The van der Waals surface area contributed by atoms with Crippen LogP contribution in [0.4, 0.5) is 4.79 Å². The van der Waals surface area contributed by atoms with E-state index in [1.807, 2.05) is 51.2 Å². The number of amides is 1. The highest BCUT2D eigenvalue weighted by atomic mass is 32.1. The van der Waals surface area contributed by atoms with Gasteiger partial charge >= 0.3 is 6.09 Å². The van der Waals surface area contributed by atoms with Gasteiger partial charge in [0.2, 0.25) is 0 Å². The second kappa shape index (κ2) is 7.87. The number of carbonyl (C=O) groups is 1. The molecule has 0 spiro atoms. The molecule has 2 aromatic heterocycles. The number of nitrogens with zero attached hydrogens (tertiary/aromatic N) is 1. The van der Waals surface area contributed by atoms with E-state index in [1.165, 1.54) is 15.3 Å². The number of thiophene rings is 1. The van der Waals surface area contributed by atoms with Crippen molar-refractivity contribution >= 4 is 17.4 Å². The number of carbonyl (C=O) groups excluding carboxylic acids is 1. The van der Waals surface area contributed by atoms with Crippen LogP contribution in [0.25, 0.3) is 21.0 Å². The Morgan fingerprint density at radius 3 is 2.79 bits per heavy atom. The Kier molecular flexibility index (Phi) is 5.28. The maximum atomic E-state index is 11.8. The summed E-state index contributed by atoms with van der Waals surface area (Å²) in [6.07, 6.45) is 2.28. The van der Waals surface area contributed by atoms with E-state index in [0.29, 0.717) is 13.2 Å². The largest absolute Gasteiger partial charge is 0.491 e. The van der Waals surface area contributed by atoms with Crippen molar-refractivity contribution < 1.29 is 14.3 Å². The Balaban J connectivity index is 1.49. The average molecular weight is 409 g/mol. The lowest BCUT2D eigenvalue weighted by molar-refractivity contribution is 0.0523. The van der Waals surface area contributed by atoms with Gasteiger partial charge in [-0.15, -0.1) is 11.3 Å². The Labute approximate surface area is 174 Å². The molecular weight excluding hydrogens is 384 g/mol. The summed E-state index contributed by atoms with van der Waals surface area (Å²) in [5.74, 6) is 0.850. The molecule has 3 aromatic rings. The van der Waals surface area contributed by atoms with Crippen LogP contribution < -0.4 is 10.1 Å². The Morgan fingerprint density at radius 1 is 1.24 bits per heavy atom. The normalized spacial score (nSPS) is 12.9. The number of ether oxygens (including phenoxy) is 2. The smallest absolute Gasteiger partial charge is 0.407 e. The summed E-state index contributed by atoms with van der Waals surface area (Å²) in [7, 11) is 0. The molecule has 5 nitrogen and oxygen atoms in total. The van der Waals surface area contributed by atoms with E-state index in [-0.39, 0.29) is 0 Å². The van der Waals surface area contributed by atoms with E-state index in [9.17, 15) is 4.79 Å². The highest BCUT2D eigenvalue weighted by Gasteiger charge is 2.20. The van der Waals surface area contributed by atoms with E-state index < -0.39 is 11.7 Å². The Hall–Kier alpha value is -2.86. The van der Waals surface area contributed by atoms with E-state index in [4.69, 9.17) is 9.47 Å². The molecule has 1 amide bonds. The van der Waals surface area contributed by atoms with E-state index >= 15 is 0 Å². The van der Waals surface area contributed by atoms with Crippen LogP contribution in [0.15, 0.2) is 48.7 Å². The minimum atomic E-state index is -0.496. The first-order valence-corrected chi connectivity index (χ1v) is 10.5. The van der Waals surface area contributed by atoms with E-state index in [0.717, 1.165) is 29.0 Å². The van der Waals surface area contributed by atoms with Gasteiger partial charge in [0.05, 0.1) is 11.5 Å². The molecule has 1 aliphatic heterocycles. The van der Waals surface area contributed by atoms with Crippen molar-refractivity contribution in [3.63, 3.8) is 0 Å². The molecule has 150 valence electrons. The second-order valence-electron chi connectivity index (χ2n) is 7.97. The first-order chi connectivity index (χ1) is 13.9. The highest BCUT2D eigenvalue weighted by Crippen LogP contribution is 2.42. The predicted octanol–water partition coefficient (Wildman–Crippen LogP) is 5.44. The first kappa shape index (κ1) is 19.5. The van der Waals surface area contributed by atoms with Crippen LogP contribution in [-0.2, 0) is 17.7 Å². The van der Waals surface area contributed by atoms with E-state index in [2.05, 4.69) is 28.5 Å². The number of aromatic nitrogens is 1. The third kappa shape index (κ3) is 4.59. The molecule has 29 heavy (non-hydrogen) atoms. The van der Waals surface area contributed by atoms with E-state index in [1.54, 1.807) is 11.3 Å².